The van der Waals surface area contributed by atoms with Crippen molar-refractivity contribution >= 4 is 33.6 Å². The number of aliphatic hydroxyl groups is 2. The van der Waals surface area contributed by atoms with E-state index < -0.39 is 91.5 Å². The number of esters is 3. The van der Waals surface area contributed by atoms with Gasteiger partial charge in [0, 0.05) is 19.3 Å². The van der Waals surface area contributed by atoms with Crippen molar-refractivity contribution in [2.75, 3.05) is 39.6 Å². The number of hydrogen-bond acceptors (Lipinski definition) is 14. The van der Waals surface area contributed by atoms with Crippen molar-refractivity contribution in [3.8, 4) is 0 Å². The first-order chi connectivity index (χ1) is 38.2. The van der Waals surface area contributed by atoms with Gasteiger partial charge >= 0.3 is 33.6 Å². The molecule has 0 saturated carbocycles. The Morgan fingerprint density at radius 3 is 1.08 bits per heavy atom. The van der Waals surface area contributed by atoms with E-state index in [2.05, 4.69) is 93.7 Å². The minimum atomic E-state index is -4.92. The molecule has 0 radical (unpaired) electrons. The summed E-state index contributed by atoms with van der Waals surface area (Å²) < 4.78 is 60.6. The Hall–Kier alpha value is -3.01. The second-order valence-electron chi connectivity index (χ2n) is 20.1. The zero-order chi connectivity index (χ0) is 58.2. The Morgan fingerprint density at radius 1 is 0.367 bits per heavy atom. The maximum Gasteiger partial charge on any atom is 0.472 e. The van der Waals surface area contributed by atoms with Gasteiger partial charge in [0.2, 0.25) is 0 Å². The fourth-order valence-electron chi connectivity index (χ4n) is 7.72. The van der Waals surface area contributed by atoms with E-state index in [1.165, 1.54) is 51.4 Å². The lowest BCUT2D eigenvalue weighted by molar-refractivity contribution is -0.161. The van der Waals surface area contributed by atoms with Crippen LogP contribution in [0.15, 0.2) is 72.9 Å². The number of carbonyl (C=O) groups excluding carboxylic acids is 3. The summed E-state index contributed by atoms with van der Waals surface area (Å²) in [5.41, 5.74) is 0. The highest BCUT2D eigenvalue weighted by Gasteiger charge is 2.29. The standard InChI is InChI=1S/C61H108O16P2/c1-4-7-10-13-16-19-22-25-26-27-28-31-33-35-38-41-44-47-59(64)71-50-56(62)51-73-78(67,68)74-52-57(63)53-75-79(69,70)76-55-58(77-61(66)49-46-43-40-37-34-30-24-21-18-15-12-9-6-3)54-72-60(65)48-45-42-39-36-32-29-23-20-17-14-11-8-5-2/h7,10,16,19-21,23-26,28,31,56-58,62-63H,4-6,8-9,11-15,17-18,22,27,29-30,32-55H2,1-3H3,(H,67,68)(H,69,70)/b10-7-,19-16-,23-20-,24-21-,26-25-,31-28-. The summed E-state index contributed by atoms with van der Waals surface area (Å²) in [5, 5.41) is 20.4. The van der Waals surface area contributed by atoms with E-state index in [0.717, 1.165) is 128 Å². The topological polar surface area (TPSA) is 231 Å². The van der Waals surface area contributed by atoms with E-state index in [0.29, 0.717) is 19.3 Å². The Kier molecular flexibility index (Phi) is 53.4. The van der Waals surface area contributed by atoms with Crippen LogP contribution in [0.2, 0.25) is 0 Å². The Labute approximate surface area is 477 Å². The molecule has 0 bridgehead atoms. The minimum Gasteiger partial charge on any atom is -0.463 e. The highest BCUT2D eigenvalue weighted by molar-refractivity contribution is 7.47. The van der Waals surface area contributed by atoms with Crippen LogP contribution in [0.1, 0.15) is 239 Å². The largest absolute Gasteiger partial charge is 0.472 e. The summed E-state index contributed by atoms with van der Waals surface area (Å²) in [6.45, 7) is 2.45. The quantitative estimate of drug-likeness (QED) is 0.0146. The van der Waals surface area contributed by atoms with Gasteiger partial charge in [-0.1, -0.05) is 184 Å². The van der Waals surface area contributed by atoms with Crippen molar-refractivity contribution in [1.29, 1.82) is 0 Å². The Bertz CT molecular complexity index is 1750. The number of hydrogen-bond donors (Lipinski definition) is 4. The molecule has 0 aromatic rings. The van der Waals surface area contributed by atoms with E-state index >= 15 is 0 Å². The number of phosphoric ester groups is 2. The maximum atomic E-state index is 12.8. The first-order valence-electron chi connectivity index (χ1n) is 30.2. The molecule has 458 valence electrons. The highest BCUT2D eigenvalue weighted by Crippen LogP contribution is 2.45. The fraction of sp³-hybridized carbons (Fsp3) is 0.754. The number of rotatable bonds is 57. The molecule has 0 spiro atoms. The molecule has 16 nitrogen and oxygen atoms in total. The first kappa shape index (κ1) is 76.0. The average Bonchev–Trinajstić information content (AvgIpc) is 3.42. The maximum absolute atomic E-state index is 12.8. The lowest BCUT2D eigenvalue weighted by Crippen LogP contribution is -2.30. The molecule has 0 aromatic carbocycles. The molecule has 0 aliphatic carbocycles. The van der Waals surface area contributed by atoms with Crippen LogP contribution < -0.4 is 0 Å². The molecule has 0 rings (SSSR count). The molecule has 5 unspecified atom stereocenters. The zero-order valence-electron chi connectivity index (χ0n) is 49.0. The average molecular weight is 1160 g/mol. The second-order valence-corrected chi connectivity index (χ2v) is 23.0. The van der Waals surface area contributed by atoms with Crippen molar-refractivity contribution in [3.63, 3.8) is 0 Å². The summed E-state index contributed by atoms with van der Waals surface area (Å²) in [5.74, 6) is -1.62. The third kappa shape index (κ3) is 56.6. The monoisotopic (exact) mass is 1160 g/mol. The third-order valence-electron chi connectivity index (χ3n) is 12.4. The van der Waals surface area contributed by atoms with Crippen LogP contribution in [0.5, 0.6) is 0 Å². The number of phosphoric acid groups is 2. The SMILES string of the molecule is CC/C=C\C/C=C\C/C=C\C/C=C\CCCCCCC(=O)OCC(O)COP(=O)(O)OCC(O)COP(=O)(O)OCC(COC(=O)CCCCCCC/C=C\CCCCCC)OC(=O)CCCCCCC/C=C\CCCCCC. The number of aliphatic hydroxyl groups excluding tert-OH is 2. The predicted octanol–water partition coefficient (Wildman–Crippen LogP) is 15.6. The third-order valence-corrected chi connectivity index (χ3v) is 14.3. The van der Waals surface area contributed by atoms with Crippen LogP contribution in [0.3, 0.4) is 0 Å². The Morgan fingerprint density at radius 2 is 0.671 bits per heavy atom. The van der Waals surface area contributed by atoms with E-state index in [-0.39, 0.29) is 19.3 Å². The highest BCUT2D eigenvalue weighted by atomic mass is 31.2. The summed E-state index contributed by atoms with van der Waals surface area (Å²) in [7, 11) is -9.76. The molecule has 0 aliphatic rings. The second kappa shape index (κ2) is 55.5. The number of unbranched alkanes of at least 4 members (excludes halogenated alkanes) is 22. The molecule has 5 atom stereocenters. The lowest BCUT2D eigenvalue weighted by Gasteiger charge is -2.21. The van der Waals surface area contributed by atoms with Crippen LogP contribution in [-0.4, -0.2) is 95.9 Å². The van der Waals surface area contributed by atoms with Crippen molar-refractivity contribution < 1.29 is 75.8 Å². The predicted molar refractivity (Wildman–Crippen MR) is 316 cm³/mol. The van der Waals surface area contributed by atoms with Gasteiger partial charge in [0.1, 0.15) is 25.4 Å². The summed E-state index contributed by atoms with van der Waals surface area (Å²) >= 11 is 0. The van der Waals surface area contributed by atoms with Crippen molar-refractivity contribution in [2.24, 2.45) is 0 Å². The van der Waals surface area contributed by atoms with Gasteiger partial charge in [0.25, 0.3) is 0 Å². The van der Waals surface area contributed by atoms with E-state index in [4.69, 9.17) is 32.3 Å². The molecular formula is C61H108O16P2. The van der Waals surface area contributed by atoms with Crippen LogP contribution in [0, 0.1) is 0 Å². The van der Waals surface area contributed by atoms with Gasteiger partial charge in [0.05, 0.1) is 26.4 Å². The minimum absolute atomic E-state index is 0.0937. The van der Waals surface area contributed by atoms with Gasteiger partial charge in [-0.05, 0) is 109 Å². The van der Waals surface area contributed by atoms with Gasteiger partial charge in [-0.15, -0.1) is 0 Å². The van der Waals surface area contributed by atoms with E-state index in [1.54, 1.807) is 0 Å². The molecule has 0 aliphatic heterocycles. The molecule has 79 heavy (non-hydrogen) atoms. The molecule has 18 heteroatoms. The molecule has 0 heterocycles. The number of ether oxygens (including phenoxy) is 3. The first-order valence-corrected chi connectivity index (χ1v) is 33.2. The summed E-state index contributed by atoms with van der Waals surface area (Å²) in [6, 6.07) is 0. The van der Waals surface area contributed by atoms with E-state index in [9.17, 15) is 43.5 Å². The summed E-state index contributed by atoms with van der Waals surface area (Å²) in [6.07, 6.45) is 54.0. The molecule has 0 amide bonds. The fourth-order valence-corrected chi connectivity index (χ4v) is 9.31. The number of carbonyl (C=O) groups is 3. The molecular weight excluding hydrogens is 1050 g/mol. The van der Waals surface area contributed by atoms with Crippen molar-refractivity contribution in [1.82, 2.24) is 0 Å². The summed E-state index contributed by atoms with van der Waals surface area (Å²) in [4.78, 5) is 58.0. The van der Waals surface area contributed by atoms with Crippen molar-refractivity contribution in [2.45, 2.75) is 257 Å². The Balaban J connectivity index is 4.69. The van der Waals surface area contributed by atoms with Gasteiger partial charge in [0.15, 0.2) is 6.10 Å². The normalized spacial score (nSPS) is 15.0. The van der Waals surface area contributed by atoms with Gasteiger partial charge < -0.3 is 34.2 Å². The smallest absolute Gasteiger partial charge is 0.463 e. The van der Waals surface area contributed by atoms with Crippen molar-refractivity contribution in [3.05, 3.63) is 72.9 Å². The molecule has 4 N–H and O–H groups in total. The van der Waals surface area contributed by atoms with Gasteiger partial charge in [-0.2, -0.15) is 0 Å². The lowest BCUT2D eigenvalue weighted by atomic mass is 10.1. The van der Waals surface area contributed by atoms with Crippen LogP contribution in [0.25, 0.3) is 0 Å². The number of allylic oxidation sites excluding steroid dienone is 12. The van der Waals surface area contributed by atoms with Crippen LogP contribution in [0.4, 0.5) is 0 Å². The molecule has 0 aromatic heterocycles. The van der Waals surface area contributed by atoms with E-state index in [1.807, 2.05) is 0 Å². The van der Waals surface area contributed by atoms with Gasteiger partial charge in [-0.25, -0.2) is 9.13 Å². The molecule has 0 fully saturated rings. The molecule has 0 saturated heterocycles. The van der Waals surface area contributed by atoms with Crippen LogP contribution >= 0.6 is 15.6 Å². The van der Waals surface area contributed by atoms with Crippen LogP contribution in [-0.2, 0) is 55.8 Å². The zero-order valence-corrected chi connectivity index (χ0v) is 50.8. The van der Waals surface area contributed by atoms with Gasteiger partial charge in [-0.3, -0.25) is 32.5 Å².